The summed E-state index contributed by atoms with van der Waals surface area (Å²) in [5.41, 5.74) is 0.645. The van der Waals surface area contributed by atoms with Crippen LogP contribution in [0.4, 0.5) is 0 Å². The van der Waals surface area contributed by atoms with Gasteiger partial charge in [-0.05, 0) is 31.9 Å². The van der Waals surface area contributed by atoms with Crippen LogP contribution in [0, 0.1) is 0 Å². The zero-order valence-corrected chi connectivity index (χ0v) is 11.6. The van der Waals surface area contributed by atoms with Gasteiger partial charge in [-0.3, -0.25) is 9.59 Å². The van der Waals surface area contributed by atoms with Crippen LogP contribution in [0.1, 0.15) is 43.5 Å². The molecular weight excluding hydrogens is 240 g/mol. The molecule has 0 bridgehead atoms. The Morgan fingerprint density at radius 3 is 2.53 bits per heavy atom. The molecule has 1 unspecified atom stereocenters. The first-order valence-corrected chi connectivity index (χ1v) is 6.76. The third kappa shape index (κ3) is 6.04. The zero-order valence-electron chi connectivity index (χ0n) is 11.6. The zero-order chi connectivity index (χ0) is 14.1. The highest BCUT2D eigenvalue weighted by Crippen LogP contribution is 1.98. The third-order valence-electron chi connectivity index (χ3n) is 2.92. The summed E-state index contributed by atoms with van der Waals surface area (Å²) in [6.07, 6.45) is 2.02. The molecule has 19 heavy (non-hydrogen) atoms. The Balaban J connectivity index is 2.17. The molecule has 0 fully saturated rings. The van der Waals surface area contributed by atoms with Crippen LogP contribution >= 0.6 is 0 Å². The molecule has 1 aromatic carbocycles. The van der Waals surface area contributed by atoms with E-state index in [1.807, 2.05) is 32.0 Å². The Morgan fingerprint density at radius 2 is 1.89 bits per heavy atom. The summed E-state index contributed by atoms with van der Waals surface area (Å²) in [5, 5.41) is 5.70. The Kier molecular flexibility index (Phi) is 6.64. The number of hydrogen-bond donors (Lipinski definition) is 2. The number of nitrogens with one attached hydrogen (secondary N) is 2. The topological polar surface area (TPSA) is 58.2 Å². The van der Waals surface area contributed by atoms with Crippen molar-refractivity contribution in [2.75, 3.05) is 6.54 Å². The minimum absolute atomic E-state index is 0.0447. The maximum Gasteiger partial charge on any atom is 0.251 e. The Labute approximate surface area is 114 Å². The minimum Gasteiger partial charge on any atom is -0.354 e. The van der Waals surface area contributed by atoms with Crippen LogP contribution in [-0.2, 0) is 4.79 Å². The number of rotatable bonds is 7. The number of amides is 2. The van der Waals surface area contributed by atoms with Gasteiger partial charge in [-0.2, -0.15) is 0 Å². The molecule has 2 N–H and O–H groups in total. The van der Waals surface area contributed by atoms with E-state index >= 15 is 0 Å². The van der Waals surface area contributed by atoms with Gasteiger partial charge in [-0.1, -0.05) is 25.1 Å². The first-order valence-electron chi connectivity index (χ1n) is 6.76. The van der Waals surface area contributed by atoms with Gasteiger partial charge in [0.05, 0.1) is 0 Å². The lowest BCUT2D eigenvalue weighted by Gasteiger charge is -2.11. The second-order valence-corrected chi connectivity index (χ2v) is 4.60. The van der Waals surface area contributed by atoms with E-state index in [2.05, 4.69) is 10.6 Å². The van der Waals surface area contributed by atoms with Crippen molar-refractivity contribution in [3.05, 3.63) is 35.9 Å². The molecular formula is C15H22N2O2. The van der Waals surface area contributed by atoms with Crippen LogP contribution in [0.5, 0.6) is 0 Å². The van der Waals surface area contributed by atoms with Crippen molar-refractivity contribution in [1.29, 1.82) is 0 Å². The smallest absolute Gasteiger partial charge is 0.251 e. The summed E-state index contributed by atoms with van der Waals surface area (Å²) in [6.45, 7) is 4.53. The van der Waals surface area contributed by atoms with E-state index in [4.69, 9.17) is 0 Å². The van der Waals surface area contributed by atoms with Crippen molar-refractivity contribution < 1.29 is 9.59 Å². The molecule has 0 aliphatic rings. The molecule has 0 radical (unpaired) electrons. The van der Waals surface area contributed by atoms with Gasteiger partial charge in [0.15, 0.2) is 0 Å². The van der Waals surface area contributed by atoms with E-state index in [9.17, 15) is 9.59 Å². The summed E-state index contributed by atoms with van der Waals surface area (Å²) in [7, 11) is 0. The average molecular weight is 262 g/mol. The van der Waals surface area contributed by atoms with Crippen molar-refractivity contribution in [2.45, 2.75) is 39.2 Å². The second kappa shape index (κ2) is 8.29. The highest BCUT2D eigenvalue weighted by molar-refractivity contribution is 5.94. The summed E-state index contributed by atoms with van der Waals surface area (Å²) < 4.78 is 0. The maximum absolute atomic E-state index is 11.7. The summed E-state index contributed by atoms with van der Waals surface area (Å²) in [6, 6.07) is 9.28. The average Bonchev–Trinajstić information content (AvgIpc) is 2.44. The number of benzene rings is 1. The lowest BCUT2D eigenvalue weighted by atomic mass is 10.2. The predicted molar refractivity (Wildman–Crippen MR) is 75.9 cm³/mol. The second-order valence-electron chi connectivity index (χ2n) is 4.60. The SMILES string of the molecule is CCC(C)NC(=O)CCCNC(=O)c1ccccc1. The standard InChI is InChI=1S/C15H22N2O2/c1-3-12(2)17-14(18)10-7-11-16-15(19)13-8-5-4-6-9-13/h4-6,8-9,12H,3,7,10-11H2,1-2H3,(H,16,19)(H,17,18). The Bertz CT molecular complexity index is 404. The fourth-order valence-corrected chi connectivity index (χ4v) is 1.59. The van der Waals surface area contributed by atoms with E-state index in [1.54, 1.807) is 12.1 Å². The van der Waals surface area contributed by atoms with Gasteiger partial charge >= 0.3 is 0 Å². The number of carbonyl (C=O) groups is 2. The van der Waals surface area contributed by atoms with Crippen molar-refractivity contribution in [1.82, 2.24) is 10.6 Å². The number of hydrogen-bond acceptors (Lipinski definition) is 2. The molecule has 0 saturated carbocycles. The first-order chi connectivity index (χ1) is 9.13. The highest BCUT2D eigenvalue weighted by Gasteiger charge is 2.06. The molecule has 104 valence electrons. The van der Waals surface area contributed by atoms with Crippen LogP contribution in [0.3, 0.4) is 0 Å². The molecule has 0 spiro atoms. The molecule has 0 aliphatic carbocycles. The van der Waals surface area contributed by atoms with Crippen LogP contribution < -0.4 is 10.6 Å². The lowest BCUT2D eigenvalue weighted by molar-refractivity contribution is -0.121. The largest absolute Gasteiger partial charge is 0.354 e. The van der Waals surface area contributed by atoms with Crippen LogP contribution in [0.2, 0.25) is 0 Å². The van der Waals surface area contributed by atoms with Gasteiger partial charge < -0.3 is 10.6 Å². The van der Waals surface area contributed by atoms with Crippen molar-refractivity contribution in [3.63, 3.8) is 0 Å². The fraction of sp³-hybridized carbons (Fsp3) is 0.467. The molecule has 4 nitrogen and oxygen atoms in total. The van der Waals surface area contributed by atoms with Gasteiger partial charge in [0.2, 0.25) is 5.91 Å². The molecule has 1 aromatic rings. The number of carbonyl (C=O) groups excluding carboxylic acids is 2. The summed E-state index contributed by atoms with van der Waals surface area (Å²) in [4.78, 5) is 23.2. The van der Waals surface area contributed by atoms with E-state index in [0.717, 1.165) is 6.42 Å². The van der Waals surface area contributed by atoms with Crippen molar-refractivity contribution in [2.24, 2.45) is 0 Å². The molecule has 0 heterocycles. The van der Waals surface area contributed by atoms with E-state index in [-0.39, 0.29) is 17.9 Å². The lowest BCUT2D eigenvalue weighted by Crippen LogP contribution is -2.32. The molecule has 4 heteroatoms. The summed E-state index contributed by atoms with van der Waals surface area (Å²) in [5.74, 6) is -0.0498. The van der Waals surface area contributed by atoms with Crippen LogP contribution in [0.25, 0.3) is 0 Å². The molecule has 0 saturated heterocycles. The minimum atomic E-state index is -0.0945. The van der Waals surface area contributed by atoms with Crippen molar-refractivity contribution in [3.8, 4) is 0 Å². The van der Waals surface area contributed by atoms with Gasteiger partial charge in [0.25, 0.3) is 5.91 Å². The van der Waals surface area contributed by atoms with Crippen molar-refractivity contribution >= 4 is 11.8 Å². The quantitative estimate of drug-likeness (QED) is 0.739. The normalized spacial score (nSPS) is 11.7. The summed E-state index contributed by atoms with van der Waals surface area (Å²) >= 11 is 0. The Morgan fingerprint density at radius 1 is 1.21 bits per heavy atom. The van der Waals surface area contributed by atoms with E-state index < -0.39 is 0 Å². The fourth-order valence-electron chi connectivity index (χ4n) is 1.59. The first kappa shape index (κ1) is 15.2. The predicted octanol–water partition coefficient (Wildman–Crippen LogP) is 2.11. The molecule has 0 aliphatic heterocycles. The van der Waals surface area contributed by atoms with Gasteiger partial charge in [-0.15, -0.1) is 0 Å². The molecule has 0 aromatic heterocycles. The van der Waals surface area contributed by atoms with Crippen LogP contribution in [-0.4, -0.2) is 24.4 Å². The molecule has 2 amide bonds. The maximum atomic E-state index is 11.7. The van der Waals surface area contributed by atoms with Gasteiger partial charge in [0, 0.05) is 24.6 Å². The third-order valence-corrected chi connectivity index (χ3v) is 2.92. The molecule has 1 rings (SSSR count). The monoisotopic (exact) mass is 262 g/mol. The Hall–Kier alpha value is -1.84. The van der Waals surface area contributed by atoms with Gasteiger partial charge in [-0.25, -0.2) is 0 Å². The van der Waals surface area contributed by atoms with E-state index in [0.29, 0.717) is 24.9 Å². The van der Waals surface area contributed by atoms with Gasteiger partial charge in [0.1, 0.15) is 0 Å². The van der Waals surface area contributed by atoms with Crippen LogP contribution in [0.15, 0.2) is 30.3 Å². The molecule has 1 atom stereocenters. The highest BCUT2D eigenvalue weighted by atomic mass is 16.2. The van der Waals surface area contributed by atoms with E-state index in [1.165, 1.54) is 0 Å².